The summed E-state index contributed by atoms with van der Waals surface area (Å²) in [6, 6.07) is 2.73. The highest BCUT2D eigenvalue weighted by molar-refractivity contribution is 9.10. The number of hydrogen-bond donors (Lipinski definition) is 3. The number of aliphatic hydroxyl groups excluding tert-OH is 3. The standard InChI is InChI=1S/C19H16BrClF2N4O4S/c20-9-3-10(5-24-4-9)32-19-18(30)16(17(29)14(7-28)31-19)27-6-13(25-26-27)8-1-11(22)15(21)12(23)2-8/h1-6,14,16-19,28-30H,7H2/t14?,16?,17-,18?,19+/m0/s1. The number of benzene rings is 1. The van der Waals surface area contributed by atoms with E-state index in [2.05, 4.69) is 31.2 Å². The molecule has 1 aromatic carbocycles. The van der Waals surface area contributed by atoms with Crippen molar-refractivity contribution in [2.75, 3.05) is 6.61 Å². The number of halogens is 4. The first-order chi connectivity index (χ1) is 15.3. The van der Waals surface area contributed by atoms with Crippen molar-refractivity contribution in [2.24, 2.45) is 0 Å². The highest BCUT2D eigenvalue weighted by Crippen LogP contribution is 2.38. The molecule has 1 aliphatic heterocycles. The third-order valence-corrected chi connectivity index (χ3v) is 6.79. The van der Waals surface area contributed by atoms with E-state index in [1.165, 1.54) is 10.9 Å². The van der Waals surface area contributed by atoms with Crippen molar-refractivity contribution in [3.63, 3.8) is 0 Å². The normalized spacial score (nSPS) is 25.8. The van der Waals surface area contributed by atoms with Crippen LogP contribution >= 0.6 is 39.3 Å². The Morgan fingerprint density at radius 2 is 1.88 bits per heavy atom. The molecule has 13 heteroatoms. The first kappa shape index (κ1) is 23.5. The maximum atomic E-state index is 13.8. The maximum absolute atomic E-state index is 13.8. The van der Waals surface area contributed by atoms with E-state index in [0.717, 1.165) is 28.4 Å². The molecule has 4 rings (SSSR count). The fourth-order valence-electron chi connectivity index (χ4n) is 3.33. The number of thioether (sulfide) groups is 1. The van der Waals surface area contributed by atoms with E-state index in [-0.39, 0.29) is 11.3 Å². The molecule has 1 saturated heterocycles. The van der Waals surface area contributed by atoms with Crippen molar-refractivity contribution >= 4 is 39.3 Å². The molecule has 5 atom stereocenters. The molecule has 1 aliphatic rings. The van der Waals surface area contributed by atoms with Gasteiger partial charge in [0, 0.05) is 27.3 Å². The number of nitrogens with zero attached hydrogens (tertiary/aromatic N) is 4. The Hall–Kier alpha value is -1.67. The van der Waals surface area contributed by atoms with Gasteiger partial charge in [-0.1, -0.05) is 28.6 Å². The SMILES string of the molecule is OCC1O[C@H](Sc2cncc(Br)c2)C(O)C(n2cc(-c3cc(F)c(Cl)c(F)c3)nn2)[C@H]1O. The van der Waals surface area contributed by atoms with Crippen LogP contribution in [0.1, 0.15) is 6.04 Å². The zero-order valence-corrected chi connectivity index (χ0v) is 19.2. The van der Waals surface area contributed by atoms with Gasteiger partial charge in [0.15, 0.2) is 0 Å². The average molecular weight is 550 g/mol. The first-order valence-corrected chi connectivity index (χ1v) is 11.3. The summed E-state index contributed by atoms with van der Waals surface area (Å²) in [5.41, 5.74) is -0.697. The van der Waals surface area contributed by atoms with Crippen LogP contribution in [0.3, 0.4) is 0 Å². The third-order valence-electron chi connectivity index (χ3n) is 4.88. The monoisotopic (exact) mass is 548 g/mol. The molecular weight excluding hydrogens is 534 g/mol. The van der Waals surface area contributed by atoms with Gasteiger partial charge in [-0.25, -0.2) is 13.5 Å². The van der Waals surface area contributed by atoms with E-state index in [1.54, 1.807) is 18.5 Å². The smallest absolute Gasteiger partial charge is 0.145 e. The molecule has 0 radical (unpaired) electrons. The van der Waals surface area contributed by atoms with Crippen LogP contribution in [0.15, 0.2) is 46.2 Å². The predicted octanol–water partition coefficient (Wildman–Crippen LogP) is 2.81. The van der Waals surface area contributed by atoms with Crippen LogP contribution in [-0.2, 0) is 4.74 Å². The summed E-state index contributed by atoms with van der Waals surface area (Å²) in [5.74, 6) is -1.91. The Bertz CT molecular complexity index is 1100. The van der Waals surface area contributed by atoms with Gasteiger partial charge >= 0.3 is 0 Å². The molecule has 2 aromatic heterocycles. The molecule has 32 heavy (non-hydrogen) atoms. The van der Waals surface area contributed by atoms with Gasteiger partial charge in [0.2, 0.25) is 0 Å². The van der Waals surface area contributed by atoms with Gasteiger partial charge in [0.1, 0.15) is 52.1 Å². The molecule has 0 spiro atoms. The van der Waals surface area contributed by atoms with Gasteiger partial charge in [-0.15, -0.1) is 5.10 Å². The van der Waals surface area contributed by atoms with Gasteiger partial charge < -0.3 is 20.1 Å². The highest BCUT2D eigenvalue weighted by atomic mass is 79.9. The van der Waals surface area contributed by atoms with Crippen molar-refractivity contribution in [3.05, 3.63) is 57.9 Å². The van der Waals surface area contributed by atoms with E-state index in [0.29, 0.717) is 4.90 Å². The number of rotatable bonds is 5. The number of aliphatic hydroxyl groups is 3. The number of pyridine rings is 1. The van der Waals surface area contributed by atoms with E-state index in [4.69, 9.17) is 16.3 Å². The van der Waals surface area contributed by atoms with E-state index in [9.17, 15) is 24.1 Å². The van der Waals surface area contributed by atoms with Crippen LogP contribution in [0.25, 0.3) is 11.3 Å². The molecule has 0 aliphatic carbocycles. The summed E-state index contributed by atoms with van der Waals surface area (Å²) in [7, 11) is 0. The number of ether oxygens (including phenoxy) is 1. The highest BCUT2D eigenvalue weighted by Gasteiger charge is 2.46. The van der Waals surface area contributed by atoms with Crippen LogP contribution in [-0.4, -0.2) is 65.7 Å². The summed E-state index contributed by atoms with van der Waals surface area (Å²) in [6.45, 7) is -0.507. The second-order valence-corrected chi connectivity index (χ2v) is 9.46. The van der Waals surface area contributed by atoms with Gasteiger partial charge in [-0.2, -0.15) is 0 Å². The molecule has 8 nitrogen and oxygen atoms in total. The minimum absolute atomic E-state index is 0.0801. The molecule has 0 saturated carbocycles. The minimum Gasteiger partial charge on any atom is -0.394 e. The Morgan fingerprint density at radius 3 is 2.53 bits per heavy atom. The largest absolute Gasteiger partial charge is 0.394 e. The summed E-state index contributed by atoms with van der Waals surface area (Å²) in [6.07, 6.45) is 0.896. The Kier molecular flexibility index (Phi) is 7.10. The zero-order chi connectivity index (χ0) is 23.0. The second-order valence-electron chi connectivity index (χ2n) is 6.99. The summed E-state index contributed by atoms with van der Waals surface area (Å²) >= 11 is 10.00. The molecule has 3 unspecified atom stereocenters. The fraction of sp³-hybridized carbons (Fsp3) is 0.316. The molecule has 0 bridgehead atoms. The van der Waals surface area contributed by atoms with Crippen molar-refractivity contribution in [3.8, 4) is 11.3 Å². The fourth-order valence-corrected chi connectivity index (χ4v) is 5.04. The van der Waals surface area contributed by atoms with Crippen LogP contribution in [0.5, 0.6) is 0 Å². The van der Waals surface area contributed by atoms with Gasteiger partial charge in [-0.05, 0) is 34.1 Å². The molecular formula is C19H16BrClF2N4O4S. The average Bonchev–Trinajstić information content (AvgIpc) is 3.23. The van der Waals surface area contributed by atoms with Crippen LogP contribution < -0.4 is 0 Å². The van der Waals surface area contributed by atoms with Gasteiger partial charge in [0.05, 0.1) is 12.8 Å². The van der Waals surface area contributed by atoms with Crippen LogP contribution in [0, 0.1) is 11.6 Å². The van der Waals surface area contributed by atoms with Gasteiger partial charge in [0.25, 0.3) is 0 Å². The van der Waals surface area contributed by atoms with Crippen LogP contribution in [0.4, 0.5) is 8.78 Å². The number of hydrogen-bond acceptors (Lipinski definition) is 8. The van der Waals surface area contributed by atoms with Crippen molar-refractivity contribution < 1.29 is 28.8 Å². The van der Waals surface area contributed by atoms with E-state index >= 15 is 0 Å². The van der Waals surface area contributed by atoms with Crippen molar-refractivity contribution in [2.45, 2.75) is 34.7 Å². The molecule has 3 N–H and O–H groups in total. The Balaban J connectivity index is 1.64. The molecule has 3 heterocycles. The first-order valence-electron chi connectivity index (χ1n) is 9.25. The quantitative estimate of drug-likeness (QED) is 0.417. The maximum Gasteiger partial charge on any atom is 0.145 e. The minimum atomic E-state index is -1.33. The second kappa shape index (κ2) is 9.67. The van der Waals surface area contributed by atoms with Crippen molar-refractivity contribution in [1.82, 2.24) is 20.0 Å². The molecule has 1 fully saturated rings. The van der Waals surface area contributed by atoms with E-state index < -0.39 is 53.1 Å². The lowest BCUT2D eigenvalue weighted by Gasteiger charge is -2.41. The molecule has 3 aromatic rings. The third kappa shape index (κ3) is 4.67. The number of aromatic nitrogens is 4. The zero-order valence-electron chi connectivity index (χ0n) is 16.0. The Labute approximate surface area is 198 Å². The summed E-state index contributed by atoms with van der Waals surface area (Å²) < 4.78 is 35.3. The Morgan fingerprint density at radius 1 is 1.16 bits per heavy atom. The van der Waals surface area contributed by atoms with Gasteiger partial charge in [-0.3, -0.25) is 4.98 Å². The molecule has 0 amide bonds. The molecule has 170 valence electrons. The summed E-state index contributed by atoms with van der Waals surface area (Å²) in [5, 5.41) is 38.5. The van der Waals surface area contributed by atoms with Crippen molar-refractivity contribution in [1.29, 1.82) is 0 Å². The summed E-state index contributed by atoms with van der Waals surface area (Å²) in [4.78, 5) is 4.74. The van der Waals surface area contributed by atoms with E-state index in [1.807, 2.05) is 0 Å². The lowest BCUT2D eigenvalue weighted by atomic mass is 9.97. The topological polar surface area (TPSA) is 114 Å². The predicted molar refractivity (Wildman–Crippen MR) is 115 cm³/mol. The lowest BCUT2D eigenvalue weighted by molar-refractivity contribution is -0.178. The lowest BCUT2D eigenvalue weighted by Crippen LogP contribution is -2.55. The van der Waals surface area contributed by atoms with Crippen LogP contribution in [0.2, 0.25) is 5.02 Å².